The zero-order valence-electron chi connectivity index (χ0n) is 18.9. The van der Waals surface area contributed by atoms with Gasteiger partial charge >= 0.3 is 5.97 Å². The van der Waals surface area contributed by atoms with Crippen LogP contribution in [0.1, 0.15) is 60.8 Å². The fourth-order valence-electron chi connectivity index (χ4n) is 3.50. The van der Waals surface area contributed by atoms with E-state index >= 15 is 0 Å². The van der Waals surface area contributed by atoms with Gasteiger partial charge in [0.15, 0.2) is 16.6 Å². The Morgan fingerprint density at radius 1 is 0.852 bits per heavy atom. The molecular formula is C21H44O4Si2. The van der Waals surface area contributed by atoms with E-state index in [1.165, 1.54) is 25.2 Å². The Kier molecular flexibility index (Phi) is 14.3. The SMILES string of the molecule is CC[Si](CC)(CC)OC[C@@H](C/C=C\CCC(=O)OC)O[Si](CC)(CC)CC. The fourth-order valence-corrected chi connectivity index (χ4v) is 9.02. The van der Waals surface area contributed by atoms with Gasteiger partial charge in [-0.25, -0.2) is 0 Å². The smallest absolute Gasteiger partial charge is 0.305 e. The molecule has 0 aliphatic rings. The van der Waals surface area contributed by atoms with Crippen molar-refractivity contribution in [2.75, 3.05) is 13.7 Å². The topological polar surface area (TPSA) is 44.8 Å². The summed E-state index contributed by atoms with van der Waals surface area (Å²) in [5.41, 5.74) is 0. The molecule has 160 valence electrons. The molecule has 0 radical (unpaired) electrons. The van der Waals surface area contributed by atoms with Gasteiger partial charge in [0.25, 0.3) is 0 Å². The van der Waals surface area contributed by atoms with Gasteiger partial charge in [-0.3, -0.25) is 4.79 Å². The second-order valence-electron chi connectivity index (χ2n) is 7.36. The number of allylic oxidation sites excluding steroid dienone is 1. The van der Waals surface area contributed by atoms with Crippen LogP contribution >= 0.6 is 0 Å². The molecule has 0 unspecified atom stereocenters. The highest BCUT2D eigenvalue weighted by Crippen LogP contribution is 2.27. The van der Waals surface area contributed by atoms with Crippen LogP contribution < -0.4 is 0 Å². The first-order chi connectivity index (χ1) is 12.9. The van der Waals surface area contributed by atoms with E-state index in [9.17, 15) is 4.79 Å². The summed E-state index contributed by atoms with van der Waals surface area (Å²) in [6.07, 6.45) is 6.37. The third kappa shape index (κ3) is 9.54. The van der Waals surface area contributed by atoms with Gasteiger partial charge in [0, 0.05) is 6.42 Å². The van der Waals surface area contributed by atoms with Crippen LogP contribution in [0.15, 0.2) is 12.2 Å². The van der Waals surface area contributed by atoms with Crippen molar-refractivity contribution in [3.8, 4) is 0 Å². The van der Waals surface area contributed by atoms with E-state index in [0.29, 0.717) is 13.0 Å². The highest BCUT2D eigenvalue weighted by atomic mass is 28.4. The Labute approximate surface area is 170 Å². The number of ether oxygens (including phenoxy) is 1. The Balaban J connectivity index is 4.98. The van der Waals surface area contributed by atoms with E-state index in [0.717, 1.165) is 31.0 Å². The van der Waals surface area contributed by atoms with Gasteiger partial charge < -0.3 is 13.6 Å². The molecule has 0 spiro atoms. The summed E-state index contributed by atoms with van der Waals surface area (Å²) in [6.45, 7) is 14.3. The minimum Gasteiger partial charge on any atom is -0.469 e. The number of carbonyl (C=O) groups is 1. The fraction of sp³-hybridized carbons (Fsp3) is 0.857. The molecule has 0 aromatic rings. The van der Waals surface area contributed by atoms with Gasteiger partial charge in [0.2, 0.25) is 0 Å². The van der Waals surface area contributed by atoms with E-state index in [1.54, 1.807) is 0 Å². The minimum atomic E-state index is -1.67. The lowest BCUT2D eigenvalue weighted by Crippen LogP contribution is -2.44. The second-order valence-corrected chi connectivity index (χ2v) is 16.9. The summed E-state index contributed by atoms with van der Waals surface area (Å²) in [4.78, 5) is 11.2. The third-order valence-electron chi connectivity index (χ3n) is 6.17. The number of hydrogen-bond acceptors (Lipinski definition) is 4. The first-order valence-electron chi connectivity index (χ1n) is 10.9. The van der Waals surface area contributed by atoms with Crippen LogP contribution in [0, 0.1) is 0 Å². The van der Waals surface area contributed by atoms with Gasteiger partial charge in [-0.1, -0.05) is 53.7 Å². The quantitative estimate of drug-likeness (QED) is 0.168. The number of esters is 1. The predicted molar refractivity (Wildman–Crippen MR) is 120 cm³/mol. The number of hydrogen-bond donors (Lipinski definition) is 0. The van der Waals surface area contributed by atoms with Gasteiger partial charge in [-0.15, -0.1) is 0 Å². The molecular weight excluding hydrogens is 372 g/mol. The Morgan fingerprint density at radius 2 is 1.37 bits per heavy atom. The molecule has 4 nitrogen and oxygen atoms in total. The van der Waals surface area contributed by atoms with Crippen molar-refractivity contribution in [2.24, 2.45) is 0 Å². The van der Waals surface area contributed by atoms with Gasteiger partial charge in [-0.2, -0.15) is 0 Å². The molecule has 0 saturated carbocycles. The largest absolute Gasteiger partial charge is 0.469 e. The standard InChI is InChI=1S/C21H44O4Si2/c1-8-26(9-2,10-3)24-19-20(25-27(11-4,12-5)13-6)17-15-14-16-18-21(22)23-7/h14-15,20H,8-13,16-19H2,1-7H3/b15-14-/t20-/m1/s1. The molecule has 0 rings (SSSR count). The molecule has 0 aromatic heterocycles. The van der Waals surface area contributed by atoms with Crippen LogP contribution in [0.5, 0.6) is 0 Å². The third-order valence-corrected chi connectivity index (χ3v) is 15.5. The summed E-state index contributed by atoms with van der Waals surface area (Å²) in [7, 11) is -1.85. The van der Waals surface area contributed by atoms with E-state index in [-0.39, 0.29) is 12.1 Å². The van der Waals surface area contributed by atoms with Crippen LogP contribution in [-0.4, -0.2) is 42.4 Å². The average Bonchev–Trinajstić information content (AvgIpc) is 2.72. The van der Waals surface area contributed by atoms with Crippen molar-refractivity contribution in [1.29, 1.82) is 0 Å². The monoisotopic (exact) mass is 416 g/mol. The molecule has 27 heavy (non-hydrogen) atoms. The molecule has 0 saturated heterocycles. The normalized spacial score (nSPS) is 13.9. The molecule has 0 fully saturated rings. The van der Waals surface area contributed by atoms with Gasteiger partial charge in [0.1, 0.15) is 0 Å². The van der Waals surface area contributed by atoms with E-state index < -0.39 is 16.6 Å². The molecule has 0 aromatic carbocycles. The zero-order valence-corrected chi connectivity index (χ0v) is 20.9. The number of carbonyl (C=O) groups excluding carboxylic acids is 1. The Morgan fingerprint density at radius 3 is 1.81 bits per heavy atom. The van der Waals surface area contributed by atoms with Crippen molar-refractivity contribution < 1.29 is 18.4 Å². The lowest BCUT2D eigenvalue weighted by Gasteiger charge is -2.35. The molecule has 0 heterocycles. The Bertz CT molecular complexity index is 402. The number of methoxy groups -OCH3 is 1. The van der Waals surface area contributed by atoms with Crippen LogP contribution in [0.25, 0.3) is 0 Å². The Hall–Kier alpha value is -0.436. The first kappa shape index (κ1) is 26.6. The van der Waals surface area contributed by atoms with E-state index in [1.807, 2.05) is 0 Å². The van der Waals surface area contributed by atoms with Crippen LogP contribution in [0.3, 0.4) is 0 Å². The van der Waals surface area contributed by atoms with Crippen LogP contribution in [0.4, 0.5) is 0 Å². The molecule has 0 bridgehead atoms. The maximum absolute atomic E-state index is 11.2. The lowest BCUT2D eigenvalue weighted by molar-refractivity contribution is -0.140. The zero-order chi connectivity index (χ0) is 20.8. The van der Waals surface area contributed by atoms with Crippen molar-refractivity contribution >= 4 is 22.6 Å². The average molecular weight is 417 g/mol. The maximum atomic E-state index is 11.2. The maximum Gasteiger partial charge on any atom is 0.305 e. The van der Waals surface area contributed by atoms with Crippen molar-refractivity contribution in [3.63, 3.8) is 0 Å². The molecule has 0 N–H and O–H groups in total. The molecule has 0 amide bonds. The number of rotatable bonds is 16. The van der Waals surface area contributed by atoms with E-state index in [4.69, 9.17) is 13.6 Å². The van der Waals surface area contributed by atoms with E-state index in [2.05, 4.69) is 53.7 Å². The predicted octanol–water partition coefficient (Wildman–Crippen LogP) is 6.30. The van der Waals surface area contributed by atoms with Crippen molar-refractivity contribution in [2.45, 2.75) is 103 Å². The van der Waals surface area contributed by atoms with Crippen LogP contribution in [0.2, 0.25) is 36.3 Å². The molecule has 0 aliphatic carbocycles. The van der Waals surface area contributed by atoms with Crippen molar-refractivity contribution in [1.82, 2.24) is 0 Å². The molecule has 0 aliphatic heterocycles. The summed E-state index contributed by atoms with van der Waals surface area (Å²) in [6, 6.07) is 6.96. The first-order valence-corrected chi connectivity index (χ1v) is 16.0. The van der Waals surface area contributed by atoms with Crippen LogP contribution in [-0.2, 0) is 18.4 Å². The second kappa shape index (κ2) is 14.5. The van der Waals surface area contributed by atoms with Crippen molar-refractivity contribution in [3.05, 3.63) is 12.2 Å². The van der Waals surface area contributed by atoms with Gasteiger partial charge in [-0.05, 0) is 49.1 Å². The highest BCUT2D eigenvalue weighted by molar-refractivity contribution is 6.74. The molecule has 6 heteroatoms. The summed E-state index contributed by atoms with van der Waals surface area (Å²) < 4.78 is 18.0. The molecule has 1 atom stereocenters. The summed E-state index contributed by atoms with van der Waals surface area (Å²) in [5, 5.41) is 0. The summed E-state index contributed by atoms with van der Waals surface area (Å²) >= 11 is 0. The van der Waals surface area contributed by atoms with Gasteiger partial charge in [0.05, 0.1) is 19.8 Å². The summed E-state index contributed by atoms with van der Waals surface area (Å²) in [5.74, 6) is -0.158. The lowest BCUT2D eigenvalue weighted by atomic mass is 10.2. The highest BCUT2D eigenvalue weighted by Gasteiger charge is 2.34. The minimum absolute atomic E-state index is 0.127.